The van der Waals surface area contributed by atoms with Crippen molar-refractivity contribution in [3.63, 3.8) is 0 Å². The molecule has 11 heteroatoms. The third-order valence-electron chi connectivity index (χ3n) is 5.57. The maximum Gasteiger partial charge on any atom is 0.421 e. The van der Waals surface area contributed by atoms with Crippen LogP contribution < -0.4 is 5.73 Å². The molecule has 0 aliphatic carbocycles. The third kappa shape index (κ3) is 6.81. The monoisotopic (exact) mass is 461 g/mol. The lowest BCUT2D eigenvalue weighted by molar-refractivity contribution is -0.156. The largest absolute Gasteiger partial charge is 0.465 e. The van der Waals surface area contributed by atoms with Gasteiger partial charge >= 0.3 is 16.4 Å². The quantitative estimate of drug-likeness (QED) is 0.322. The molecule has 0 aromatic heterocycles. The summed E-state index contributed by atoms with van der Waals surface area (Å²) in [5.74, 6) is -0.790. The number of amides is 1. The van der Waals surface area contributed by atoms with Gasteiger partial charge in [-0.1, -0.05) is 39.2 Å². The van der Waals surface area contributed by atoms with Gasteiger partial charge in [0.15, 0.2) is 0 Å². The number of carbonyl (C=O) groups excluding carboxylic acids is 2. The molecule has 2 atom stereocenters. The van der Waals surface area contributed by atoms with E-state index in [1.165, 1.54) is 0 Å². The summed E-state index contributed by atoms with van der Waals surface area (Å²) in [6.45, 7) is 9.29. The fraction of sp³-hybridized carbons (Fsp3) is 0.800. The van der Waals surface area contributed by atoms with Crippen LogP contribution in [0.15, 0.2) is 12.4 Å². The minimum Gasteiger partial charge on any atom is -0.465 e. The Bertz CT molecular complexity index is 769. The highest BCUT2D eigenvalue weighted by Crippen LogP contribution is 2.35. The van der Waals surface area contributed by atoms with Crippen molar-refractivity contribution in [2.75, 3.05) is 19.8 Å². The highest BCUT2D eigenvalue weighted by molar-refractivity contribution is 7.81. The molecule has 1 amide bonds. The first-order valence-corrected chi connectivity index (χ1v) is 12.1. The molecule has 2 aliphatic heterocycles. The number of nitrogens with two attached hydrogens (primary N) is 1. The van der Waals surface area contributed by atoms with Gasteiger partial charge in [0.05, 0.1) is 24.7 Å². The average Bonchev–Trinajstić information content (AvgIpc) is 2.93. The van der Waals surface area contributed by atoms with E-state index in [1.54, 1.807) is 18.7 Å². The number of fused-ring (bicyclic) bond motifs is 2. The summed E-state index contributed by atoms with van der Waals surface area (Å²) in [4.78, 5) is 25.5. The molecule has 178 valence electrons. The lowest BCUT2D eigenvalue weighted by atomic mass is 9.95. The summed E-state index contributed by atoms with van der Waals surface area (Å²) in [6.07, 6.45) is 6.13. The Morgan fingerprint density at radius 3 is 2.52 bits per heavy atom. The number of piperidine rings is 1. The first kappa shape index (κ1) is 25.4. The van der Waals surface area contributed by atoms with Crippen LogP contribution in [-0.2, 0) is 33.2 Å². The smallest absolute Gasteiger partial charge is 0.421 e. The van der Waals surface area contributed by atoms with Gasteiger partial charge in [-0.05, 0) is 33.1 Å². The van der Waals surface area contributed by atoms with Crippen molar-refractivity contribution < 1.29 is 31.2 Å². The molecular formula is C20H35N3O7S. The van der Waals surface area contributed by atoms with E-state index < -0.39 is 40.3 Å². The van der Waals surface area contributed by atoms with Crippen molar-refractivity contribution in [2.45, 2.75) is 77.8 Å². The normalized spacial score (nSPS) is 21.5. The molecule has 2 aliphatic rings. The molecule has 0 unspecified atom stereocenters. The Labute approximate surface area is 184 Å². The van der Waals surface area contributed by atoms with E-state index in [0.717, 1.165) is 37.2 Å². The minimum atomic E-state index is -4.46. The maximum absolute atomic E-state index is 12.4. The zero-order valence-corrected chi connectivity index (χ0v) is 19.5. The van der Waals surface area contributed by atoms with Crippen molar-refractivity contribution >= 4 is 22.3 Å². The van der Waals surface area contributed by atoms with E-state index in [9.17, 15) is 18.0 Å². The van der Waals surface area contributed by atoms with Gasteiger partial charge in [-0.15, -0.1) is 4.28 Å². The highest BCUT2D eigenvalue weighted by atomic mass is 32.3. The predicted octanol–water partition coefficient (Wildman–Crippen LogP) is 1.82. The van der Waals surface area contributed by atoms with Crippen LogP contribution in [0, 0.1) is 5.41 Å². The maximum atomic E-state index is 12.4. The van der Waals surface area contributed by atoms with E-state index in [4.69, 9.17) is 18.9 Å². The van der Waals surface area contributed by atoms with Gasteiger partial charge in [0.25, 0.3) is 0 Å². The lowest BCUT2D eigenvalue weighted by Crippen LogP contribution is -2.46. The van der Waals surface area contributed by atoms with Crippen LogP contribution in [-0.4, -0.2) is 62.1 Å². The molecule has 2 heterocycles. The van der Waals surface area contributed by atoms with E-state index in [0.29, 0.717) is 26.0 Å². The van der Waals surface area contributed by atoms with Gasteiger partial charge in [-0.2, -0.15) is 8.42 Å². The van der Waals surface area contributed by atoms with Gasteiger partial charge < -0.3 is 15.4 Å². The Balaban J connectivity index is 1.83. The van der Waals surface area contributed by atoms with Gasteiger partial charge in [0, 0.05) is 6.54 Å². The first-order valence-electron chi connectivity index (χ1n) is 10.8. The molecule has 2 rings (SSSR count). The average molecular weight is 462 g/mol. The Kier molecular flexibility index (Phi) is 8.73. The van der Waals surface area contributed by atoms with E-state index in [2.05, 4.69) is 13.5 Å². The van der Waals surface area contributed by atoms with E-state index in [-0.39, 0.29) is 11.9 Å². The SMILES string of the molecule is C=C1N2C[C@@H](CC[C@H]2C(N)=O)N1OS(=O)(=O)OCC(C)(C)C(=O)OCCCCCCC. The highest BCUT2D eigenvalue weighted by Gasteiger charge is 2.45. The Morgan fingerprint density at radius 1 is 1.19 bits per heavy atom. The van der Waals surface area contributed by atoms with Crippen molar-refractivity contribution in [3.05, 3.63) is 12.4 Å². The zero-order chi connectivity index (χ0) is 23.2. The van der Waals surface area contributed by atoms with Crippen LogP contribution in [0.5, 0.6) is 0 Å². The van der Waals surface area contributed by atoms with Crippen molar-refractivity contribution in [2.24, 2.45) is 11.1 Å². The molecule has 0 spiro atoms. The molecule has 0 saturated carbocycles. The second-order valence-electron chi connectivity index (χ2n) is 8.72. The summed E-state index contributed by atoms with van der Waals surface area (Å²) < 4.78 is 40.1. The van der Waals surface area contributed by atoms with E-state index >= 15 is 0 Å². The number of unbranched alkanes of at least 4 members (excludes halogenated alkanes) is 4. The van der Waals surface area contributed by atoms with Crippen LogP contribution in [0.1, 0.15) is 65.7 Å². The van der Waals surface area contributed by atoms with Crippen LogP contribution in [0.2, 0.25) is 0 Å². The molecule has 0 aromatic carbocycles. The summed E-state index contributed by atoms with van der Waals surface area (Å²) in [5, 5.41) is 1.14. The predicted molar refractivity (Wildman–Crippen MR) is 113 cm³/mol. The Morgan fingerprint density at radius 2 is 1.87 bits per heavy atom. The Hall–Kier alpha value is -1.85. The number of hydrogen-bond acceptors (Lipinski definition) is 9. The van der Waals surface area contributed by atoms with Gasteiger partial charge in [0.2, 0.25) is 5.91 Å². The number of ether oxygens (including phenoxy) is 1. The summed E-state index contributed by atoms with van der Waals surface area (Å²) in [7, 11) is -4.46. The molecule has 2 N–H and O–H groups in total. The zero-order valence-electron chi connectivity index (χ0n) is 18.7. The minimum absolute atomic E-state index is 0.236. The number of nitrogens with zero attached hydrogens (tertiary/aromatic N) is 2. The van der Waals surface area contributed by atoms with Gasteiger partial charge in [0.1, 0.15) is 11.9 Å². The van der Waals surface area contributed by atoms with Gasteiger partial charge in [-0.3, -0.25) is 9.59 Å². The fourth-order valence-electron chi connectivity index (χ4n) is 3.63. The second kappa shape index (κ2) is 10.6. The summed E-state index contributed by atoms with van der Waals surface area (Å²) >= 11 is 0. The third-order valence-corrected chi connectivity index (χ3v) is 6.32. The molecule has 0 radical (unpaired) electrons. The van der Waals surface area contributed by atoms with Crippen molar-refractivity contribution in [1.29, 1.82) is 0 Å². The molecular weight excluding hydrogens is 426 g/mol. The molecule has 2 bridgehead atoms. The standard InChI is InChI=1S/C20H35N3O7S/c1-5-6-7-8-9-12-28-19(25)20(3,4)14-29-31(26,27)30-23-15(2)22-13-16(23)10-11-17(22)18(21)24/h16-17H,2,5-14H2,1,3-4H3,(H2,21,24)/t16-,17+/m1/s1. The number of carbonyl (C=O) groups is 2. The molecule has 2 saturated heterocycles. The molecule has 0 aromatic rings. The number of rotatable bonds is 13. The van der Waals surface area contributed by atoms with Gasteiger partial charge in [-0.25, -0.2) is 9.25 Å². The second-order valence-corrected chi connectivity index (χ2v) is 9.92. The fourth-order valence-corrected chi connectivity index (χ4v) is 4.52. The number of hydroxylamine groups is 2. The lowest BCUT2D eigenvalue weighted by Gasteiger charge is -2.29. The molecule has 2 fully saturated rings. The van der Waals surface area contributed by atoms with E-state index in [1.807, 2.05) is 0 Å². The van der Waals surface area contributed by atoms with Crippen molar-refractivity contribution in [3.8, 4) is 0 Å². The summed E-state index contributed by atoms with van der Waals surface area (Å²) in [5.41, 5.74) is 4.24. The number of esters is 1. The van der Waals surface area contributed by atoms with Crippen LogP contribution in [0.25, 0.3) is 0 Å². The van der Waals surface area contributed by atoms with Crippen LogP contribution >= 0.6 is 0 Å². The van der Waals surface area contributed by atoms with Crippen molar-refractivity contribution in [1.82, 2.24) is 9.96 Å². The van der Waals surface area contributed by atoms with Crippen LogP contribution in [0.3, 0.4) is 0 Å². The van der Waals surface area contributed by atoms with Crippen LogP contribution in [0.4, 0.5) is 0 Å². The number of hydrogen-bond donors (Lipinski definition) is 1. The topological polar surface area (TPSA) is 128 Å². The number of primary amides is 1. The molecule has 31 heavy (non-hydrogen) atoms. The molecule has 10 nitrogen and oxygen atoms in total. The first-order chi connectivity index (χ1) is 14.5. The summed E-state index contributed by atoms with van der Waals surface area (Å²) in [6, 6.07) is -0.830.